The number of carboxylic acid groups (broad SMARTS) is 1. The highest BCUT2D eigenvalue weighted by Gasteiger charge is 2.18. The van der Waals surface area contributed by atoms with Crippen LogP contribution in [0, 0.1) is 0 Å². The standard InChI is InChI=1S/C14H14N4O2/c19-14(20)6-5-11-3-1-2-4-12(11)17-7-8-18-10-15-16-13(18)9-17/h1-6,10H,7-9H2,(H,19,20). The number of carbonyl (C=O) groups is 1. The molecular formula is C14H14N4O2. The van der Waals surface area contributed by atoms with Crippen LogP contribution in [0.5, 0.6) is 0 Å². The summed E-state index contributed by atoms with van der Waals surface area (Å²) in [5.74, 6) is -0.0218. The van der Waals surface area contributed by atoms with Crippen LogP contribution < -0.4 is 4.90 Å². The molecule has 0 aliphatic carbocycles. The molecule has 0 spiro atoms. The molecule has 2 aromatic rings. The Morgan fingerprint density at radius 1 is 1.30 bits per heavy atom. The minimum Gasteiger partial charge on any atom is -0.478 e. The van der Waals surface area contributed by atoms with Crippen LogP contribution in [-0.2, 0) is 17.9 Å². The number of benzene rings is 1. The van der Waals surface area contributed by atoms with Gasteiger partial charge in [-0.2, -0.15) is 0 Å². The van der Waals surface area contributed by atoms with E-state index >= 15 is 0 Å². The molecule has 1 N–H and O–H groups in total. The second kappa shape index (κ2) is 5.16. The van der Waals surface area contributed by atoms with Crippen molar-refractivity contribution < 1.29 is 9.90 Å². The maximum Gasteiger partial charge on any atom is 0.328 e. The Balaban J connectivity index is 1.89. The summed E-state index contributed by atoms with van der Waals surface area (Å²) >= 11 is 0. The first-order valence-corrected chi connectivity index (χ1v) is 6.36. The number of aromatic nitrogens is 3. The van der Waals surface area contributed by atoms with Gasteiger partial charge in [-0.3, -0.25) is 0 Å². The Bertz CT molecular complexity index is 663. The Morgan fingerprint density at radius 2 is 2.15 bits per heavy atom. The van der Waals surface area contributed by atoms with E-state index in [0.717, 1.165) is 36.2 Å². The Kier molecular flexibility index (Phi) is 3.20. The van der Waals surface area contributed by atoms with Gasteiger partial charge in [0.1, 0.15) is 6.33 Å². The monoisotopic (exact) mass is 270 g/mol. The van der Waals surface area contributed by atoms with E-state index < -0.39 is 5.97 Å². The smallest absolute Gasteiger partial charge is 0.328 e. The summed E-state index contributed by atoms with van der Waals surface area (Å²) in [7, 11) is 0. The molecule has 0 fully saturated rings. The Morgan fingerprint density at radius 3 is 3.00 bits per heavy atom. The predicted molar refractivity (Wildman–Crippen MR) is 74.2 cm³/mol. The van der Waals surface area contributed by atoms with Gasteiger partial charge in [-0.1, -0.05) is 18.2 Å². The Labute approximate surface area is 116 Å². The maximum atomic E-state index is 10.7. The lowest BCUT2D eigenvalue weighted by Crippen LogP contribution is -2.33. The van der Waals surface area contributed by atoms with E-state index in [0.29, 0.717) is 6.54 Å². The third-order valence-corrected chi connectivity index (χ3v) is 3.32. The predicted octanol–water partition coefficient (Wildman–Crippen LogP) is 1.40. The molecule has 20 heavy (non-hydrogen) atoms. The topological polar surface area (TPSA) is 71.2 Å². The van der Waals surface area contributed by atoms with Gasteiger partial charge in [0.2, 0.25) is 0 Å². The number of carboxylic acids is 1. The number of nitrogens with zero attached hydrogens (tertiary/aromatic N) is 4. The van der Waals surface area contributed by atoms with Crippen molar-refractivity contribution in [1.29, 1.82) is 0 Å². The minimum atomic E-state index is -0.946. The largest absolute Gasteiger partial charge is 0.478 e. The van der Waals surface area contributed by atoms with Crippen LogP contribution in [0.3, 0.4) is 0 Å². The molecular weight excluding hydrogens is 256 g/mol. The lowest BCUT2D eigenvalue weighted by molar-refractivity contribution is -0.131. The molecule has 0 bridgehead atoms. The van der Waals surface area contributed by atoms with Crippen LogP contribution in [0.2, 0.25) is 0 Å². The van der Waals surface area contributed by atoms with Crippen LogP contribution >= 0.6 is 0 Å². The molecule has 2 heterocycles. The number of para-hydroxylation sites is 1. The third kappa shape index (κ3) is 2.40. The average molecular weight is 270 g/mol. The molecule has 1 aromatic carbocycles. The van der Waals surface area contributed by atoms with Gasteiger partial charge in [-0.15, -0.1) is 10.2 Å². The first kappa shape index (κ1) is 12.4. The van der Waals surface area contributed by atoms with Crippen molar-refractivity contribution >= 4 is 17.7 Å². The second-order valence-electron chi connectivity index (χ2n) is 4.59. The van der Waals surface area contributed by atoms with E-state index in [4.69, 9.17) is 5.11 Å². The van der Waals surface area contributed by atoms with E-state index in [2.05, 4.69) is 15.1 Å². The third-order valence-electron chi connectivity index (χ3n) is 3.32. The lowest BCUT2D eigenvalue weighted by atomic mass is 10.1. The van der Waals surface area contributed by atoms with Gasteiger partial charge >= 0.3 is 5.97 Å². The van der Waals surface area contributed by atoms with Crippen LogP contribution in [0.25, 0.3) is 6.08 Å². The van der Waals surface area contributed by atoms with Gasteiger partial charge in [-0.05, 0) is 17.7 Å². The molecule has 0 saturated heterocycles. The van der Waals surface area contributed by atoms with Gasteiger partial charge in [0.05, 0.1) is 6.54 Å². The molecule has 0 radical (unpaired) electrons. The fraction of sp³-hybridized carbons (Fsp3) is 0.214. The van der Waals surface area contributed by atoms with Crippen molar-refractivity contribution in [2.24, 2.45) is 0 Å². The molecule has 1 aromatic heterocycles. The average Bonchev–Trinajstić information content (AvgIpc) is 2.92. The molecule has 102 valence electrons. The van der Waals surface area contributed by atoms with Gasteiger partial charge in [0.15, 0.2) is 5.82 Å². The lowest BCUT2D eigenvalue weighted by Gasteiger charge is -2.30. The number of fused-ring (bicyclic) bond motifs is 1. The van der Waals surface area contributed by atoms with Crippen molar-refractivity contribution in [1.82, 2.24) is 14.8 Å². The Hall–Kier alpha value is -2.63. The van der Waals surface area contributed by atoms with E-state index in [9.17, 15) is 4.79 Å². The molecule has 0 saturated carbocycles. The van der Waals surface area contributed by atoms with E-state index in [-0.39, 0.29) is 0 Å². The van der Waals surface area contributed by atoms with Gasteiger partial charge in [-0.25, -0.2) is 4.79 Å². The number of aliphatic carboxylic acids is 1. The highest BCUT2D eigenvalue weighted by molar-refractivity contribution is 5.87. The summed E-state index contributed by atoms with van der Waals surface area (Å²) in [4.78, 5) is 12.9. The number of anilines is 1. The van der Waals surface area contributed by atoms with E-state index in [1.54, 1.807) is 12.4 Å². The quantitative estimate of drug-likeness (QED) is 0.853. The normalized spacial score (nSPS) is 14.5. The van der Waals surface area contributed by atoms with Crippen LogP contribution in [-0.4, -0.2) is 32.4 Å². The summed E-state index contributed by atoms with van der Waals surface area (Å²) < 4.78 is 2.03. The maximum absolute atomic E-state index is 10.7. The minimum absolute atomic E-state index is 0.678. The highest BCUT2D eigenvalue weighted by Crippen LogP contribution is 2.25. The molecule has 6 nitrogen and oxygen atoms in total. The molecule has 0 amide bonds. The van der Waals surface area contributed by atoms with Crippen molar-refractivity contribution in [3.05, 3.63) is 48.1 Å². The van der Waals surface area contributed by atoms with Crippen LogP contribution in [0.4, 0.5) is 5.69 Å². The fourth-order valence-electron chi connectivity index (χ4n) is 2.35. The van der Waals surface area contributed by atoms with E-state index in [1.807, 2.05) is 28.8 Å². The summed E-state index contributed by atoms with van der Waals surface area (Å²) in [5.41, 5.74) is 1.90. The summed E-state index contributed by atoms with van der Waals surface area (Å²) in [6.07, 6.45) is 4.52. The van der Waals surface area contributed by atoms with Gasteiger partial charge in [0, 0.05) is 24.9 Å². The summed E-state index contributed by atoms with van der Waals surface area (Å²) in [6, 6.07) is 7.76. The molecule has 6 heteroatoms. The molecule has 1 aliphatic heterocycles. The van der Waals surface area contributed by atoms with Crippen molar-refractivity contribution in [3.8, 4) is 0 Å². The number of hydrogen-bond donors (Lipinski definition) is 1. The second-order valence-corrected chi connectivity index (χ2v) is 4.59. The number of hydrogen-bond acceptors (Lipinski definition) is 4. The molecule has 3 rings (SSSR count). The summed E-state index contributed by atoms with van der Waals surface area (Å²) in [5, 5.41) is 16.8. The van der Waals surface area contributed by atoms with Crippen molar-refractivity contribution in [2.75, 3.05) is 11.4 Å². The van der Waals surface area contributed by atoms with Crippen molar-refractivity contribution in [2.45, 2.75) is 13.1 Å². The van der Waals surface area contributed by atoms with Gasteiger partial charge in [0.25, 0.3) is 0 Å². The summed E-state index contributed by atoms with van der Waals surface area (Å²) in [6.45, 7) is 2.36. The molecule has 0 atom stereocenters. The van der Waals surface area contributed by atoms with Crippen molar-refractivity contribution in [3.63, 3.8) is 0 Å². The highest BCUT2D eigenvalue weighted by atomic mass is 16.4. The van der Waals surface area contributed by atoms with Crippen LogP contribution in [0.15, 0.2) is 36.7 Å². The number of rotatable bonds is 3. The first-order valence-electron chi connectivity index (χ1n) is 6.36. The van der Waals surface area contributed by atoms with E-state index in [1.165, 1.54) is 0 Å². The fourth-order valence-corrected chi connectivity index (χ4v) is 2.35. The first-order chi connectivity index (χ1) is 9.74. The zero-order valence-electron chi connectivity index (χ0n) is 10.8. The van der Waals surface area contributed by atoms with Crippen LogP contribution in [0.1, 0.15) is 11.4 Å². The zero-order chi connectivity index (χ0) is 13.9. The zero-order valence-corrected chi connectivity index (χ0v) is 10.8. The molecule has 0 unspecified atom stereocenters. The molecule has 1 aliphatic rings. The SMILES string of the molecule is O=C(O)C=Cc1ccccc1N1CCn2cnnc2C1. The van der Waals surface area contributed by atoms with Gasteiger partial charge < -0.3 is 14.6 Å².